The average Bonchev–Trinajstić information content (AvgIpc) is 2.73. The van der Waals surface area contributed by atoms with Gasteiger partial charge < -0.3 is 9.84 Å². The monoisotopic (exact) mass is 269 g/mol. The molecule has 1 N–H and O–H groups in total. The van der Waals surface area contributed by atoms with Crippen LogP contribution in [0.4, 0.5) is 8.78 Å². The van der Waals surface area contributed by atoms with Gasteiger partial charge in [0.25, 0.3) is 0 Å². The number of aryl methyl sites for hydroxylation is 1. The number of benzene rings is 1. The average molecular weight is 269 g/mol. The van der Waals surface area contributed by atoms with Gasteiger partial charge in [0.2, 0.25) is 0 Å². The normalized spacial score (nSPS) is 10.5. The lowest BCUT2D eigenvalue weighted by atomic mass is 10.2. The molecule has 0 saturated carbocycles. The van der Waals surface area contributed by atoms with Crippen LogP contribution in [0.3, 0.4) is 0 Å². The lowest BCUT2D eigenvalue weighted by molar-refractivity contribution is 0.0695. The first-order valence-electron chi connectivity index (χ1n) is 5.17. The summed E-state index contributed by atoms with van der Waals surface area (Å²) in [5.41, 5.74) is -0.0922. The molecule has 0 radical (unpaired) electrons. The van der Waals surface area contributed by atoms with Crippen LogP contribution >= 0.6 is 0 Å². The van der Waals surface area contributed by atoms with Crippen LogP contribution in [-0.2, 0) is 13.7 Å². The zero-order valence-corrected chi connectivity index (χ0v) is 9.80. The number of carboxylic acids is 1. The van der Waals surface area contributed by atoms with Crippen LogP contribution in [0.1, 0.15) is 16.1 Å². The highest BCUT2D eigenvalue weighted by molar-refractivity contribution is 5.87. The molecule has 0 saturated heterocycles. The Hall–Kier alpha value is -2.51. The number of aromatic nitrogens is 3. The fraction of sp³-hybridized carbons (Fsp3) is 0.182. The fourth-order valence-corrected chi connectivity index (χ4v) is 1.43. The SMILES string of the molecule is Cn1cc(COc2c(F)cc(C(=O)O)cc2F)nn1. The number of carboxylic acid groups (broad SMARTS) is 1. The molecule has 0 unspecified atom stereocenters. The first-order chi connectivity index (χ1) is 8.97. The second-order valence-electron chi connectivity index (χ2n) is 3.75. The molecule has 0 atom stereocenters. The summed E-state index contributed by atoms with van der Waals surface area (Å²) in [7, 11) is 1.64. The zero-order valence-electron chi connectivity index (χ0n) is 9.80. The van der Waals surface area contributed by atoms with Gasteiger partial charge in [-0.05, 0) is 12.1 Å². The fourth-order valence-electron chi connectivity index (χ4n) is 1.43. The molecule has 8 heteroatoms. The lowest BCUT2D eigenvalue weighted by Gasteiger charge is -2.07. The number of hydrogen-bond donors (Lipinski definition) is 1. The maximum absolute atomic E-state index is 13.5. The Morgan fingerprint density at radius 3 is 2.53 bits per heavy atom. The molecule has 0 aliphatic heterocycles. The molecule has 2 rings (SSSR count). The topological polar surface area (TPSA) is 77.2 Å². The molecule has 0 spiro atoms. The zero-order chi connectivity index (χ0) is 14.0. The predicted molar refractivity (Wildman–Crippen MR) is 58.7 cm³/mol. The number of aromatic carboxylic acids is 1. The summed E-state index contributed by atoms with van der Waals surface area (Å²) in [6, 6.07) is 1.38. The van der Waals surface area contributed by atoms with Gasteiger partial charge in [0, 0.05) is 7.05 Å². The summed E-state index contributed by atoms with van der Waals surface area (Å²) >= 11 is 0. The van der Waals surface area contributed by atoms with E-state index in [4.69, 9.17) is 9.84 Å². The summed E-state index contributed by atoms with van der Waals surface area (Å²) < 4.78 is 33.4. The molecule has 0 amide bonds. The molecule has 1 aromatic carbocycles. The van der Waals surface area contributed by atoms with E-state index in [1.54, 1.807) is 7.05 Å². The summed E-state index contributed by atoms with van der Waals surface area (Å²) in [6.45, 7) is -0.173. The minimum absolute atomic E-state index is 0.173. The first-order valence-corrected chi connectivity index (χ1v) is 5.17. The Balaban J connectivity index is 2.18. The minimum atomic E-state index is -1.42. The number of ether oxygens (including phenoxy) is 1. The minimum Gasteiger partial charge on any atom is -0.481 e. The Morgan fingerprint density at radius 1 is 1.42 bits per heavy atom. The summed E-state index contributed by atoms with van der Waals surface area (Å²) in [5.74, 6) is -4.23. The van der Waals surface area contributed by atoms with Crippen molar-refractivity contribution in [1.29, 1.82) is 0 Å². The molecule has 2 aromatic rings. The molecule has 0 aliphatic carbocycles. The third kappa shape index (κ3) is 2.84. The van der Waals surface area contributed by atoms with Crippen molar-refractivity contribution in [3.8, 4) is 5.75 Å². The van der Waals surface area contributed by atoms with Gasteiger partial charge in [0.05, 0.1) is 11.8 Å². The van der Waals surface area contributed by atoms with Crippen molar-refractivity contribution in [2.75, 3.05) is 0 Å². The number of rotatable bonds is 4. The quantitative estimate of drug-likeness (QED) is 0.907. The van der Waals surface area contributed by atoms with Gasteiger partial charge in [0.1, 0.15) is 12.3 Å². The molecule has 1 aromatic heterocycles. The molecule has 0 fully saturated rings. The number of nitrogens with zero attached hydrogens (tertiary/aromatic N) is 3. The predicted octanol–water partition coefficient (Wildman–Crippen LogP) is 1.37. The maximum atomic E-state index is 13.5. The van der Waals surface area contributed by atoms with E-state index in [-0.39, 0.29) is 6.61 Å². The summed E-state index contributed by atoms with van der Waals surface area (Å²) in [5, 5.41) is 16.0. The molecule has 0 aliphatic rings. The van der Waals surface area contributed by atoms with E-state index >= 15 is 0 Å². The van der Waals surface area contributed by atoms with E-state index in [0.717, 1.165) is 0 Å². The highest BCUT2D eigenvalue weighted by atomic mass is 19.1. The van der Waals surface area contributed by atoms with Crippen LogP contribution in [0.25, 0.3) is 0 Å². The van der Waals surface area contributed by atoms with Gasteiger partial charge in [0.15, 0.2) is 17.4 Å². The van der Waals surface area contributed by atoms with Gasteiger partial charge in [-0.3, -0.25) is 4.68 Å². The van der Waals surface area contributed by atoms with Crippen LogP contribution < -0.4 is 4.74 Å². The first kappa shape index (κ1) is 12.9. The van der Waals surface area contributed by atoms with Crippen molar-refractivity contribution in [3.05, 3.63) is 41.2 Å². The van der Waals surface area contributed by atoms with Gasteiger partial charge >= 0.3 is 5.97 Å². The third-order valence-corrected chi connectivity index (χ3v) is 2.26. The van der Waals surface area contributed by atoms with Crippen LogP contribution in [0.5, 0.6) is 5.75 Å². The Kier molecular flexibility index (Phi) is 3.41. The molecule has 0 bridgehead atoms. The third-order valence-electron chi connectivity index (χ3n) is 2.26. The van der Waals surface area contributed by atoms with E-state index in [2.05, 4.69) is 10.3 Å². The molecule has 6 nitrogen and oxygen atoms in total. The molecular weight excluding hydrogens is 260 g/mol. The van der Waals surface area contributed by atoms with Gasteiger partial charge in [-0.2, -0.15) is 0 Å². The van der Waals surface area contributed by atoms with Crippen molar-refractivity contribution in [2.24, 2.45) is 7.05 Å². The number of halogens is 2. The van der Waals surface area contributed by atoms with Crippen LogP contribution in [-0.4, -0.2) is 26.1 Å². The highest BCUT2D eigenvalue weighted by Crippen LogP contribution is 2.24. The largest absolute Gasteiger partial charge is 0.481 e. The molecule has 19 heavy (non-hydrogen) atoms. The van der Waals surface area contributed by atoms with Gasteiger partial charge in [-0.1, -0.05) is 5.21 Å². The van der Waals surface area contributed by atoms with Crippen molar-refractivity contribution < 1.29 is 23.4 Å². The second kappa shape index (κ2) is 5.01. The van der Waals surface area contributed by atoms with Crippen molar-refractivity contribution in [3.63, 3.8) is 0 Å². The van der Waals surface area contributed by atoms with E-state index < -0.39 is 28.9 Å². The standard InChI is InChI=1S/C11H9F2N3O3/c1-16-4-7(14-15-16)5-19-10-8(12)2-6(11(17)18)3-9(10)13/h2-4H,5H2,1H3,(H,17,18). The number of hydrogen-bond acceptors (Lipinski definition) is 4. The number of carbonyl (C=O) groups is 1. The van der Waals surface area contributed by atoms with Crippen LogP contribution in [0.15, 0.2) is 18.3 Å². The smallest absolute Gasteiger partial charge is 0.335 e. The Bertz CT molecular complexity index is 604. The summed E-state index contributed by atoms with van der Waals surface area (Å²) in [4.78, 5) is 10.6. The van der Waals surface area contributed by atoms with Gasteiger partial charge in [-0.25, -0.2) is 13.6 Å². The molecule has 100 valence electrons. The van der Waals surface area contributed by atoms with Crippen molar-refractivity contribution >= 4 is 5.97 Å². The van der Waals surface area contributed by atoms with E-state index in [0.29, 0.717) is 17.8 Å². The molecular formula is C11H9F2N3O3. The van der Waals surface area contributed by atoms with Crippen molar-refractivity contribution in [2.45, 2.75) is 6.61 Å². The Morgan fingerprint density at radius 2 is 2.05 bits per heavy atom. The maximum Gasteiger partial charge on any atom is 0.335 e. The van der Waals surface area contributed by atoms with Crippen molar-refractivity contribution in [1.82, 2.24) is 15.0 Å². The van der Waals surface area contributed by atoms with Crippen LogP contribution in [0.2, 0.25) is 0 Å². The van der Waals surface area contributed by atoms with E-state index in [1.165, 1.54) is 10.9 Å². The molecule has 1 heterocycles. The van der Waals surface area contributed by atoms with Crippen LogP contribution in [0, 0.1) is 11.6 Å². The Labute approximate surface area is 106 Å². The van der Waals surface area contributed by atoms with Gasteiger partial charge in [-0.15, -0.1) is 5.10 Å². The lowest BCUT2D eigenvalue weighted by Crippen LogP contribution is -2.04. The highest BCUT2D eigenvalue weighted by Gasteiger charge is 2.16. The second-order valence-corrected chi connectivity index (χ2v) is 3.75. The van der Waals surface area contributed by atoms with E-state index in [9.17, 15) is 13.6 Å². The van der Waals surface area contributed by atoms with E-state index in [1.807, 2.05) is 0 Å². The summed E-state index contributed by atoms with van der Waals surface area (Å²) in [6.07, 6.45) is 1.53.